The monoisotopic (exact) mass is 447 g/mol. The molecule has 8 nitrogen and oxygen atoms in total. The van der Waals surface area contributed by atoms with Crippen molar-refractivity contribution in [3.63, 3.8) is 0 Å². The number of nitrogens with zero attached hydrogens (tertiary/aromatic N) is 3. The van der Waals surface area contributed by atoms with E-state index < -0.39 is 21.9 Å². The number of fused-ring (bicyclic) bond motifs is 1. The molecule has 1 amide bonds. The lowest BCUT2D eigenvalue weighted by atomic mass is 10.2. The molecule has 0 aliphatic heterocycles. The summed E-state index contributed by atoms with van der Waals surface area (Å²) >= 11 is 1.28. The number of esters is 1. The second-order valence-corrected chi connectivity index (χ2v) is 9.63. The highest BCUT2D eigenvalue weighted by Gasteiger charge is 2.18. The van der Waals surface area contributed by atoms with Crippen molar-refractivity contribution in [2.45, 2.75) is 18.4 Å². The van der Waals surface area contributed by atoms with E-state index in [4.69, 9.17) is 4.74 Å². The number of para-hydroxylation sites is 1. The Morgan fingerprint density at radius 2 is 1.77 bits per heavy atom. The van der Waals surface area contributed by atoms with E-state index in [9.17, 15) is 18.0 Å². The average molecular weight is 448 g/mol. The summed E-state index contributed by atoms with van der Waals surface area (Å²) in [7, 11) is -0.707. The number of carbonyl (C=O) groups excluding carboxylic acids is 2. The highest BCUT2D eigenvalue weighted by molar-refractivity contribution is 7.89. The third kappa shape index (κ3) is 4.50. The van der Waals surface area contributed by atoms with Gasteiger partial charge in [0, 0.05) is 19.7 Å². The van der Waals surface area contributed by atoms with E-state index in [1.807, 2.05) is 24.3 Å². The Kier molecular flexibility index (Phi) is 6.49. The summed E-state index contributed by atoms with van der Waals surface area (Å²) < 4.78 is 33.0. The fourth-order valence-electron chi connectivity index (χ4n) is 2.73. The normalized spacial score (nSPS) is 12.5. The number of benzene rings is 2. The van der Waals surface area contributed by atoms with Crippen molar-refractivity contribution < 1.29 is 22.7 Å². The number of carbonyl (C=O) groups is 2. The summed E-state index contributed by atoms with van der Waals surface area (Å²) in [4.78, 5) is 29.4. The molecule has 3 aromatic rings. The van der Waals surface area contributed by atoms with Crippen LogP contribution in [0.5, 0.6) is 0 Å². The molecule has 0 fully saturated rings. The minimum atomic E-state index is -3.58. The van der Waals surface area contributed by atoms with Crippen molar-refractivity contribution in [1.29, 1.82) is 0 Å². The summed E-state index contributed by atoms with van der Waals surface area (Å²) in [6, 6.07) is 13.0. The molecule has 0 aliphatic carbocycles. The van der Waals surface area contributed by atoms with Crippen LogP contribution in [0.2, 0.25) is 0 Å². The molecule has 0 N–H and O–H groups in total. The molecule has 0 spiro atoms. The van der Waals surface area contributed by atoms with Crippen LogP contribution >= 0.6 is 11.3 Å². The van der Waals surface area contributed by atoms with E-state index in [1.54, 1.807) is 11.5 Å². The first-order valence-electron chi connectivity index (χ1n) is 9.09. The van der Waals surface area contributed by atoms with E-state index in [1.165, 1.54) is 49.7 Å². The molecule has 0 radical (unpaired) electrons. The van der Waals surface area contributed by atoms with E-state index in [0.29, 0.717) is 4.80 Å². The summed E-state index contributed by atoms with van der Waals surface area (Å²) in [6.07, 6.45) is 0. The molecule has 1 heterocycles. The zero-order chi connectivity index (χ0) is 21.9. The van der Waals surface area contributed by atoms with Gasteiger partial charge in [0.1, 0.15) is 6.54 Å². The van der Waals surface area contributed by atoms with E-state index >= 15 is 0 Å². The first-order valence-corrected chi connectivity index (χ1v) is 11.4. The van der Waals surface area contributed by atoms with Crippen molar-refractivity contribution in [2.75, 3.05) is 20.7 Å². The fraction of sp³-hybridized carbons (Fsp3) is 0.250. The molecule has 10 heteroatoms. The lowest BCUT2D eigenvalue weighted by molar-refractivity contribution is -0.143. The van der Waals surface area contributed by atoms with Gasteiger partial charge in [-0.3, -0.25) is 9.59 Å². The zero-order valence-corrected chi connectivity index (χ0v) is 18.4. The first-order chi connectivity index (χ1) is 14.2. The van der Waals surface area contributed by atoms with Crippen LogP contribution in [0.25, 0.3) is 10.2 Å². The summed E-state index contributed by atoms with van der Waals surface area (Å²) in [5, 5.41) is 0. The molecule has 0 saturated carbocycles. The molecule has 0 unspecified atom stereocenters. The van der Waals surface area contributed by atoms with Gasteiger partial charge in [0.25, 0.3) is 5.91 Å². The van der Waals surface area contributed by atoms with Crippen LogP contribution in [0.3, 0.4) is 0 Å². The highest BCUT2D eigenvalue weighted by atomic mass is 32.2. The Bertz CT molecular complexity index is 1260. The van der Waals surface area contributed by atoms with Crippen LogP contribution in [-0.2, 0) is 26.1 Å². The van der Waals surface area contributed by atoms with E-state index in [-0.39, 0.29) is 23.6 Å². The van der Waals surface area contributed by atoms with Gasteiger partial charge in [0.05, 0.1) is 21.7 Å². The van der Waals surface area contributed by atoms with Crippen LogP contribution in [0.4, 0.5) is 0 Å². The second kappa shape index (κ2) is 8.90. The molecular weight excluding hydrogens is 426 g/mol. The van der Waals surface area contributed by atoms with Gasteiger partial charge in [-0.1, -0.05) is 23.5 Å². The number of aromatic nitrogens is 1. The Hall–Kier alpha value is -2.82. The van der Waals surface area contributed by atoms with E-state index in [0.717, 1.165) is 14.5 Å². The van der Waals surface area contributed by atoms with Crippen LogP contribution in [0.1, 0.15) is 17.3 Å². The number of hydrogen-bond acceptors (Lipinski definition) is 6. The minimum absolute atomic E-state index is 0.0655. The summed E-state index contributed by atoms with van der Waals surface area (Å²) in [5.74, 6) is -0.957. The van der Waals surface area contributed by atoms with Gasteiger partial charge in [0.15, 0.2) is 4.80 Å². The third-order valence-corrected chi connectivity index (χ3v) is 7.15. The Morgan fingerprint density at radius 3 is 2.40 bits per heavy atom. The van der Waals surface area contributed by atoms with Gasteiger partial charge in [-0.25, -0.2) is 12.7 Å². The predicted octanol–water partition coefficient (Wildman–Crippen LogP) is 2.26. The SMILES string of the molecule is CCOC(=O)Cn1c(=NC(=O)c2ccc(S(=O)(=O)N(C)C)cc2)sc2ccccc21. The summed E-state index contributed by atoms with van der Waals surface area (Å²) in [5.41, 5.74) is 1.02. The Labute approximate surface area is 178 Å². The minimum Gasteiger partial charge on any atom is -0.465 e. The molecule has 1 aromatic heterocycles. The number of ether oxygens (including phenoxy) is 1. The average Bonchev–Trinajstić information content (AvgIpc) is 3.05. The van der Waals surface area contributed by atoms with Crippen LogP contribution < -0.4 is 4.80 Å². The smallest absolute Gasteiger partial charge is 0.326 e. The van der Waals surface area contributed by atoms with Gasteiger partial charge in [-0.2, -0.15) is 4.99 Å². The molecule has 0 atom stereocenters. The number of amides is 1. The van der Waals surface area contributed by atoms with Crippen molar-refractivity contribution in [1.82, 2.24) is 8.87 Å². The lowest BCUT2D eigenvalue weighted by Gasteiger charge is -2.11. The summed E-state index contributed by atoms with van der Waals surface area (Å²) in [6.45, 7) is 1.92. The van der Waals surface area contributed by atoms with Crippen molar-refractivity contribution in [2.24, 2.45) is 4.99 Å². The van der Waals surface area contributed by atoms with E-state index in [2.05, 4.69) is 4.99 Å². The fourth-order valence-corrected chi connectivity index (χ4v) is 4.66. The molecule has 2 aromatic carbocycles. The maximum Gasteiger partial charge on any atom is 0.326 e. The van der Waals surface area contributed by atoms with Crippen molar-refractivity contribution in [3.8, 4) is 0 Å². The standard InChI is InChI=1S/C20H21N3O5S2/c1-4-28-18(24)13-23-16-7-5-6-8-17(16)29-20(23)21-19(25)14-9-11-15(12-10-14)30(26,27)22(2)3/h5-12H,4,13H2,1-3H3. The largest absolute Gasteiger partial charge is 0.465 e. The third-order valence-electron chi connectivity index (χ3n) is 4.26. The van der Waals surface area contributed by atoms with Crippen LogP contribution in [-0.4, -0.2) is 49.9 Å². The maximum atomic E-state index is 12.7. The molecule has 3 rings (SSSR count). The van der Waals surface area contributed by atoms with Crippen LogP contribution in [0, 0.1) is 0 Å². The maximum absolute atomic E-state index is 12.7. The van der Waals surface area contributed by atoms with Gasteiger partial charge >= 0.3 is 5.97 Å². The van der Waals surface area contributed by atoms with Crippen LogP contribution in [0.15, 0.2) is 58.4 Å². The van der Waals surface area contributed by atoms with Crippen molar-refractivity contribution in [3.05, 3.63) is 58.9 Å². The number of sulfonamides is 1. The van der Waals surface area contributed by atoms with Gasteiger partial charge < -0.3 is 9.30 Å². The quantitative estimate of drug-likeness (QED) is 0.540. The topological polar surface area (TPSA) is 98.0 Å². The van der Waals surface area contributed by atoms with Gasteiger partial charge in [0.2, 0.25) is 10.0 Å². The lowest BCUT2D eigenvalue weighted by Crippen LogP contribution is -2.23. The molecule has 30 heavy (non-hydrogen) atoms. The van der Waals surface area contributed by atoms with Gasteiger partial charge in [-0.15, -0.1) is 0 Å². The predicted molar refractivity (Wildman–Crippen MR) is 114 cm³/mol. The first kappa shape index (κ1) is 21.9. The second-order valence-electron chi connectivity index (χ2n) is 6.47. The molecule has 158 valence electrons. The van der Waals surface area contributed by atoms with Crippen molar-refractivity contribution >= 4 is 43.5 Å². The molecule has 0 bridgehead atoms. The number of rotatable bonds is 6. The zero-order valence-electron chi connectivity index (χ0n) is 16.7. The number of thiazole rings is 1. The Balaban J connectivity index is 2.00. The van der Waals surface area contributed by atoms with Gasteiger partial charge in [-0.05, 0) is 43.3 Å². The highest BCUT2D eigenvalue weighted by Crippen LogP contribution is 2.18. The number of hydrogen-bond donors (Lipinski definition) is 0. The molecule has 0 aliphatic rings. The molecular formula is C20H21N3O5S2. The molecule has 0 saturated heterocycles. The Morgan fingerprint density at radius 1 is 1.10 bits per heavy atom.